The Balaban J connectivity index is 1.40. The summed E-state index contributed by atoms with van der Waals surface area (Å²) in [4.78, 5) is 22.5. The molecule has 2 aromatic rings. The van der Waals surface area contributed by atoms with Crippen molar-refractivity contribution in [2.75, 3.05) is 64.3 Å². The number of carbonyl (C=O) groups excluding carboxylic acids is 1. The lowest BCUT2D eigenvalue weighted by Gasteiger charge is -2.36. The maximum absolute atomic E-state index is 13.3. The lowest BCUT2D eigenvalue weighted by atomic mass is 10.1. The minimum absolute atomic E-state index is 0.123. The molecule has 4 rings (SSSR count). The van der Waals surface area contributed by atoms with Gasteiger partial charge in [-0.1, -0.05) is 12.1 Å². The van der Waals surface area contributed by atoms with Crippen molar-refractivity contribution in [3.8, 4) is 0 Å². The predicted octanol–water partition coefficient (Wildman–Crippen LogP) is 2.00. The van der Waals surface area contributed by atoms with Crippen LogP contribution in [0.1, 0.15) is 15.9 Å². The lowest BCUT2D eigenvalue weighted by Crippen LogP contribution is -2.49. The topological polar surface area (TPSA) is 77.1 Å². The van der Waals surface area contributed by atoms with Gasteiger partial charge in [-0.3, -0.25) is 4.79 Å². The van der Waals surface area contributed by atoms with E-state index in [4.69, 9.17) is 0 Å². The molecule has 0 spiro atoms. The molecule has 0 bridgehead atoms. The number of likely N-dealkylation sites (N-methyl/N-ethyl adjacent to an activating group) is 1. The van der Waals surface area contributed by atoms with E-state index in [-0.39, 0.29) is 23.5 Å². The van der Waals surface area contributed by atoms with E-state index in [1.54, 1.807) is 6.07 Å². The third-order valence-electron chi connectivity index (χ3n) is 6.17. The zero-order valence-corrected chi connectivity index (χ0v) is 19.5. The first-order chi connectivity index (χ1) is 16.1. The third kappa shape index (κ3) is 5.03. The van der Waals surface area contributed by atoms with Gasteiger partial charge in [-0.25, -0.2) is 13.4 Å². The number of pyridine rings is 1. The number of anilines is 1. The summed E-state index contributed by atoms with van der Waals surface area (Å²) in [5.74, 6) is -0.103. The molecule has 0 atom stereocenters. The maximum atomic E-state index is 13.3. The molecule has 1 aromatic heterocycles. The van der Waals surface area contributed by atoms with Crippen LogP contribution in [0.2, 0.25) is 0 Å². The van der Waals surface area contributed by atoms with Gasteiger partial charge in [-0.05, 0) is 31.3 Å². The molecular formula is C22H26F3N5O3S. The molecule has 8 nitrogen and oxygen atoms in total. The first-order valence-electron chi connectivity index (χ1n) is 10.9. The number of halogens is 3. The van der Waals surface area contributed by atoms with Gasteiger partial charge in [0.1, 0.15) is 10.7 Å². The van der Waals surface area contributed by atoms with Crippen molar-refractivity contribution in [3.05, 3.63) is 53.7 Å². The number of benzene rings is 1. The molecule has 2 saturated heterocycles. The Hall–Kier alpha value is -2.70. The van der Waals surface area contributed by atoms with Crippen molar-refractivity contribution in [2.24, 2.45) is 0 Å². The third-order valence-corrected chi connectivity index (χ3v) is 8.06. The number of nitrogens with zero attached hydrogens (tertiary/aromatic N) is 5. The van der Waals surface area contributed by atoms with Crippen LogP contribution in [-0.2, 0) is 16.2 Å². The molecular weight excluding hydrogens is 471 g/mol. The summed E-state index contributed by atoms with van der Waals surface area (Å²) in [5, 5.41) is 0. The van der Waals surface area contributed by atoms with E-state index in [1.807, 2.05) is 11.9 Å². The molecule has 3 heterocycles. The summed E-state index contributed by atoms with van der Waals surface area (Å²) < 4.78 is 67.0. The highest BCUT2D eigenvalue weighted by Crippen LogP contribution is 2.32. The van der Waals surface area contributed by atoms with E-state index in [0.29, 0.717) is 45.1 Å². The second-order valence-corrected chi connectivity index (χ2v) is 10.3. The van der Waals surface area contributed by atoms with Crippen molar-refractivity contribution in [1.82, 2.24) is 19.1 Å². The zero-order chi connectivity index (χ0) is 24.5. The van der Waals surface area contributed by atoms with Crippen LogP contribution in [0.5, 0.6) is 0 Å². The Morgan fingerprint density at radius 3 is 2.15 bits per heavy atom. The molecule has 0 saturated carbocycles. The van der Waals surface area contributed by atoms with Crippen molar-refractivity contribution < 1.29 is 26.4 Å². The van der Waals surface area contributed by atoms with Crippen LogP contribution in [0.4, 0.5) is 19.0 Å². The molecule has 2 fully saturated rings. The molecule has 2 aliphatic heterocycles. The van der Waals surface area contributed by atoms with E-state index in [0.717, 1.165) is 6.07 Å². The van der Waals surface area contributed by atoms with Crippen LogP contribution < -0.4 is 4.90 Å². The summed E-state index contributed by atoms with van der Waals surface area (Å²) in [6, 6.07) is 7.92. The molecule has 0 aliphatic carbocycles. The van der Waals surface area contributed by atoms with Crippen LogP contribution in [0.25, 0.3) is 0 Å². The first-order valence-corrected chi connectivity index (χ1v) is 12.4. The Bertz CT molecular complexity index is 1130. The summed E-state index contributed by atoms with van der Waals surface area (Å²) in [5.41, 5.74) is -1.30. The van der Waals surface area contributed by atoms with E-state index in [9.17, 15) is 26.4 Å². The Morgan fingerprint density at radius 1 is 0.912 bits per heavy atom. The van der Waals surface area contributed by atoms with Gasteiger partial charge < -0.3 is 14.7 Å². The standard InChI is InChI=1S/C22H26F3N5O3S/c1-27-8-14-30(15-9-27)34(32,33)17-6-7-20(26-16-17)28-10-12-29(13-11-28)21(31)18-4-2-3-5-19(18)22(23,24)25/h2-7,16H,8-15H2,1H3. The molecule has 0 N–H and O–H groups in total. The SMILES string of the molecule is CN1CCN(S(=O)(=O)c2ccc(N3CCN(C(=O)c4ccccc4C(F)(F)F)CC3)nc2)CC1. The van der Waals surface area contributed by atoms with Crippen LogP contribution in [0.3, 0.4) is 0 Å². The number of sulfonamides is 1. The van der Waals surface area contributed by atoms with Crippen molar-refractivity contribution in [2.45, 2.75) is 11.1 Å². The van der Waals surface area contributed by atoms with Gasteiger partial charge in [-0.15, -0.1) is 0 Å². The monoisotopic (exact) mass is 497 g/mol. The smallest absolute Gasteiger partial charge is 0.353 e. The van der Waals surface area contributed by atoms with Crippen molar-refractivity contribution in [1.29, 1.82) is 0 Å². The van der Waals surface area contributed by atoms with Crippen LogP contribution in [-0.4, -0.2) is 92.8 Å². The molecule has 184 valence electrons. The second kappa shape index (κ2) is 9.51. The molecule has 1 aromatic carbocycles. The highest BCUT2D eigenvalue weighted by molar-refractivity contribution is 7.89. The van der Waals surface area contributed by atoms with E-state index >= 15 is 0 Å². The normalized spacial score (nSPS) is 18.8. The van der Waals surface area contributed by atoms with Gasteiger partial charge in [0.15, 0.2) is 0 Å². The average molecular weight is 498 g/mol. The number of amides is 1. The van der Waals surface area contributed by atoms with Crippen LogP contribution in [0, 0.1) is 0 Å². The van der Waals surface area contributed by atoms with Crippen molar-refractivity contribution >= 4 is 21.7 Å². The first kappa shape index (κ1) is 24.4. The fourth-order valence-corrected chi connectivity index (χ4v) is 5.48. The van der Waals surface area contributed by atoms with Gasteiger partial charge in [0.2, 0.25) is 10.0 Å². The zero-order valence-electron chi connectivity index (χ0n) is 18.7. The number of hydrogen-bond donors (Lipinski definition) is 0. The summed E-state index contributed by atoms with van der Waals surface area (Å²) in [7, 11) is -1.67. The number of rotatable bonds is 4. The quantitative estimate of drug-likeness (QED) is 0.643. The summed E-state index contributed by atoms with van der Waals surface area (Å²) >= 11 is 0. The minimum Gasteiger partial charge on any atom is -0.353 e. The fraction of sp³-hybridized carbons (Fsp3) is 0.455. The number of carbonyl (C=O) groups is 1. The number of piperazine rings is 2. The second-order valence-electron chi connectivity index (χ2n) is 8.38. The fourth-order valence-electron chi connectivity index (χ4n) is 4.12. The predicted molar refractivity (Wildman–Crippen MR) is 120 cm³/mol. The van der Waals surface area contributed by atoms with Gasteiger partial charge in [0, 0.05) is 58.6 Å². The number of alkyl halides is 3. The molecule has 0 radical (unpaired) electrons. The highest BCUT2D eigenvalue weighted by Gasteiger charge is 2.36. The largest absolute Gasteiger partial charge is 0.417 e. The minimum atomic E-state index is -4.61. The van der Waals surface area contributed by atoms with E-state index in [1.165, 1.54) is 39.7 Å². The van der Waals surface area contributed by atoms with Crippen LogP contribution in [0.15, 0.2) is 47.5 Å². The number of aromatic nitrogens is 1. The van der Waals surface area contributed by atoms with Gasteiger partial charge in [0.25, 0.3) is 5.91 Å². The Morgan fingerprint density at radius 2 is 1.56 bits per heavy atom. The van der Waals surface area contributed by atoms with E-state index in [2.05, 4.69) is 9.88 Å². The van der Waals surface area contributed by atoms with Gasteiger partial charge >= 0.3 is 6.18 Å². The Labute approximate surface area is 196 Å². The summed E-state index contributed by atoms with van der Waals surface area (Å²) in [6.45, 7) is 3.39. The Kier molecular flexibility index (Phi) is 6.83. The average Bonchev–Trinajstić information content (AvgIpc) is 2.83. The van der Waals surface area contributed by atoms with E-state index < -0.39 is 27.7 Å². The molecule has 12 heteroatoms. The summed E-state index contributed by atoms with van der Waals surface area (Å²) in [6.07, 6.45) is -3.27. The lowest BCUT2D eigenvalue weighted by molar-refractivity contribution is -0.138. The highest BCUT2D eigenvalue weighted by atomic mass is 32.2. The molecule has 0 unspecified atom stereocenters. The maximum Gasteiger partial charge on any atom is 0.417 e. The van der Waals surface area contributed by atoms with Gasteiger partial charge in [-0.2, -0.15) is 17.5 Å². The van der Waals surface area contributed by atoms with Gasteiger partial charge in [0.05, 0.1) is 11.1 Å². The van der Waals surface area contributed by atoms with Crippen molar-refractivity contribution in [3.63, 3.8) is 0 Å². The molecule has 1 amide bonds. The molecule has 34 heavy (non-hydrogen) atoms. The molecule has 2 aliphatic rings. The number of hydrogen-bond acceptors (Lipinski definition) is 6. The van der Waals surface area contributed by atoms with Crippen LogP contribution >= 0.6 is 0 Å².